The Bertz CT molecular complexity index is 698. The summed E-state index contributed by atoms with van der Waals surface area (Å²) in [6, 6.07) is 7.69. The first-order valence-electron chi connectivity index (χ1n) is 6.86. The molecule has 1 saturated carbocycles. The Hall–Kier alpha value is -2.55. The Morgan fingerprint density at radius 1 is 1.24 bits per heavy atom. The average molecular weight is 284 g/mol. The van der Waals surface area contributed by atoms with Crippen LogP contribution in [0.15, 0.2) is 18.2 Å². The van der Waals surface area contributed by atoms with E-state index < -0.39 is 0 Å². The van der Waals surface area contributed by atoms with Gasteiger partial charge in [0.05, 0.1) is 25.6 Å². The van der Waals surface area contributed by atoms with Gasteiger partial charge in [-0.3, -0.25) is 0 Å². The zero-order valence-electron chi connectivity index (χ0n) is 12.0. The highest BCUT2D eigenvalue weighted by Crippen LogP contribution is 2.39. The van der Waals surface area contributed by atoms with Crippen molar-refractivity contribution in [3.8, 4) is 23.3 Å². The Morgan fingerprint density at radius 2 is 2.00 bits per heavy atom. The van der Waals surface area contributed by atoms with Crippen LogP contribution in [-0.4, -0.2) is 29.2 Å². The summed E-state index contributed by atoms with van der Waals surface area (Å²) in [6.45, 7) is 0. The van der Waals surface area contributed by atoms with Crippen LogP contribution in [0.4, 0.5) is 0 Å². The van der Waals surface area contributed by atoms with E-state index in [1.807, 2.05) is 18.2 Å². The van der Waals surface area contributed by atoms with Crippen LogP contribution in [-0.2, 0) is 0 Å². The summed E-state index contributed by atoms with van der Waals surface area (Å²) in [5, 5.41) is 17.4. The second-order valence-electron chi connectivity index (χ2n) is 5.01. The van der Waals surface area contributed by atoms with E-state index in [9.17, 15) is 5.26 Å². The fraction of sp³-hybridized carbons (Fsp3) is 0.400. The van der Waals surface area contributed by atoms with Crippen LogP contribution in [0.1, 0.15) is 36.6 Å². The predicted octanol–water partition coefficient (Wildman–Crippen LogP) is 2.42. The maximum atomic E-state index is 9.22. The molecule has 0 saturated heterocycles. The Labute approximate surface area is 122 Å². The molecule has 21 heavy (non-hydrogen) atoms. The summed E-state index contributed by atoms with van der Waals surface area (Å²) in [6.07, 6.45) is 3.34. The van der Waals surface area contributed by atoms with E-state index in [1.54, 1.807) is 18.9 Å². The first-order valence-corrected chi connectivity index (χ1v) is 6.86. The minimum absolute atomic E-state index is 0.364. The van der Waals surface area contributed by atoms with Gasteiger partial charge in [0, 0.05) is 12.0 Å². The molecule has 1 fully saturated rings. The van der Waals surface area contributed by atoms with Gasteiger partial charge in [-0.15, -0.1) is 5.10 Å². The number of benzene rings is 1. The van der Waals surface area contributed by atoms with Crippen molar-refractivity contribution in [3.05, 3.63) is 29.6 Å². The van der Waals surface area contributed by atoms with Crippen molar-refractivity contribution >= 4 is 0 Å². The fourth-order valence-electron chi connectivity index (χ4n) is 2.56. The minimum atomic E-state index is 0.364. The van der Waals surface area contributed by atoms with Crippen LogP contribution in [0.5, 0.6) is 11.5 Å². The van der Waals surface area contributed by atoms with Crippen molar-refractivity contribution in [2.45, 2.75) is 25.2 Å². The van der Waals surface area contributed by atoms with Crippen molar-refractivity contribution in [3.63, 3.8) is 0 Å². The smallest absolute Gasteiger partial charge is 0.186 e. The van der Waals surface area contributed by atoms with E-state index in [2.05, 4.69) is 16.4 Å². The zero-order valence-corrected chi connectivity index (χ0v) is 12.0. The lowest BCUT2D eigenvalue weighted by molar-refractivity contribution is 0.354. The number of rotatable bonds is 4. The molecule has 6 heteroatoms. The molecule has 2 aromatic rings. The number of hydrogen-bond donors (Lipinski definition) is 0. The number of methoxy groups -OCH3 is 2. The molecule has 3 rings (SSSR count). The maximum Gasteiger partial charge on any atom is 0.186 e. The van der Waals surface area contributed by atoms with E-state index in [1.165, 1.54) is 6.42 Å². The molecule has 0 amide bonds. The van der Waals surface area contributed by atoms with Gasteiger partial charge in [-0.25, -0.2) is 4.68 Å². The summed E-state index contributed by atoms with van der Waals surface area (Å²) >= 11 is 0. The van der Waals surface area contributed by atoms with Gasteiger partial charge < -0.3 is 9.47 Å². The second kappa shape index (κ2) is 5.44. The van der Waals surface area contributed by atoms with Crippen LogP contribution in [0.25, 0.3) is 5.69 Å². The number of aromatic nitrogens is 3. The molecule has 1 aliphatic rings. The van der Waals surface area contributed by atoms with E-state index in [0.29, 0.717) is 23.1 Å². The van der Waals surface area contributed by atoms with Crippen LogP contribution in [0.3, 0.4) is 0 Å². The molecule has 1 aromatic carbocycles. The number of ether oxygens (including phenoxy) is 2. The topological polar surface area (TPSA) is 73.0 Å². The van der Waals surface area contributed by atoms with Crippen LogP contribution < -0.4 is 9.47 Å². The summed E-state index contributed by atoms with van der Waals surface area (Å²) in [5.74, 6) is 1.65. The van der Waals surface area contributed by atoms with Crippen molar-refractivity contribution in [2.24, 2.45) is 0 Å². The van der Waals surface area contributed by atoms with Crippen LogP contribution in [0.2, 0.25) is 0 Å². The predicted molar refractivity (Wildman–Crippen MR) is 75.8 cm³/mol. The summed E-state index contributed by atoms with van der Waals surface area (Å²) in [4.78, 5) is 0. The molecular formula is C15H16N4O2. The lowest BCUT2D eigenvalue weighted by Gasteiger charge is -2.25. The van der Waals surface area contributed by atoms with Crippen LogP contribution in [0, 0.1) is 11.3 Å². The summed E-state index contributed by atoms with van der Waals surface area (Å²) < 4.78 is 12.3. The average Bonchev–Trinajstić information content (AvgIpc) is 2.88. The quantitative estimate of drug-likeness (QED) is 0.862. The van der Waals surface area contributed by atoms with E-state index in [-0.39, 0.29) is 0 Å². The van der Waals surface area contributed by atoms with Gasteiger partial charge in [0.15, 0.2) is 17.2 Å². The standard InChI is InChI=1S/C15H16N4O2/c1-20-13-7-6-11(8-14(13)21-2)19-15(10-4-3-5-10)12(9-16)17-18-19/h6-8,10H,3-5H2,1-2H3. The van der Waals surface area contributed by atoms with Crippen molar-refractivity contribution in [1.82, 2.24) is 15.0 Å². The highest BCUT2D eigenvalue weighted by atomic mass is 16.5. The van der Waals surface area contributed by atoms with E-state index >= 15 is 0 Å². The first kappa shape index (κ1) is 13.4. The van der Waals surface area contributed by atoms with Crippen molar-refractivity contribution in [1.29, 1.82) is 5.26 Å². The van der Waals surface area contributed by atoms with Crippen molar-refractivity contribution in [2.75, 3.05) is 14.2 Å². The molecule has 6 nitrogen and oxygen atoms in total. The molecule has 0 bridgehead atoms. The van der Waals surface area contributed by atoms with E-state index in [0.717, 1.165) is 24.2 Å². The number of hydrogen-bond acceptors (Lipinski definition) is 5. The molecular weight excluding hydrogens is 268 g/mol. The number of nitriles is 1. The molecule has 0 unspecified atom stereocenters. The molecule has 1 aromatic heterocycles. The largest absolute Gasteiger partial charge is 0.493 e. The summed E-state index contributed by atoms with van der Waals surface area (Å²) in [7, 11) is 3.19. The summed E-state index contributed by atoms with van der Waals surface area (Å²) in [5.41, 5.74) is 2.13. The lowest BCUT2D eigenvalue weighted by atomic mass is 9.82. The van der Waals surface area contributed by atoms with Gasteiger partial charge in [0.2, 0.25) is 0 Å². The third-order valence-electron chi connectivity index (χ3n) is 3.91. The van der Waals surface area contributed by atoms with Crippen molar-refractivity contribution < 1.29 is 9.47 Å². The molecule has 108 valence electrons. The van der Waals surface area contributed by atoms with E-state index in [4.69, 9.17) is 9.47 Å². The Morgan fingerprint density at radius 3 is 2.57 bits per heavy atom. The second-order valence-corrected chi connectivity index (χ2v) is 5.01. The monoisotopic (exact) mass is 284 g/mol. The lowest BCUT2D eigenvalue weighted by Crippen LogP contribution is -2.15. The third-order valence-corrected chi connectivity index (χ3v) is 3.91. The van der Waals surface area contributed by atoms with Gasteiger partial charge in [-0.2, -0.15) is 5.26 Å². The molecule has 1 aliphatic carbocycles. The Balaban J connectivity index is 2.08. The molecule has 0 radical (unpaired) electrons. The molecule has 0 aliphatic heterocycles. The normalized spacial score (nSPS) is 14.3. The minimum Gasteiger partial charge on any atom is -0.493 e. The number of nitrogens with zero attached hydrogens (tertiary/aromatic N) is 4. The molecule has 0 atom stereocenters. The maximum absolute atomic E-state index is 9.22. The first-order chi connectivity index (χ1) is 10.3. The third kappa shape index (κ3) is 2.21. The Kier molecular flexibility index (Phi) is 3.48. The molecule has 0 N–H and O–H groups in total. The SMILES string of the molecule is COc1ccc(-n2nnc(C#N)c2C2CCC2)cc1OC. The van der Waals surface area contributed by atoms with Gasteiger partial charge in [0.25, 0.3) is 0 Å². The van der Waals surface area contributed by atoms with Gasteiger partial charge in [0.1, 0.15) is 6.07 Å². The van der Waals surface area contributed by atoms with Gasteiger partial charge >= 0.3 is 0 Å². The van der Waals surface area contributed by atoms with Gasteiger partial charge in [-0.1, -0.05) is 11.6 Å². The van der Waals surface area contributed by atoms with Crippen LogP contribution >= 0.6 is 0 Å². The fourth-order valence-corrected chi connectivity index (χ4v) is 2.56. The highest BCUT2D eigenvalue weighted by Gasteiger charge is 2.28. The molecule has 1 heterocycles. The van der Waals surface area contributed by atoms with Gasteiger partial charge in [-0.05, 0) is 25.0 Å². The zero-order chi connectivity index (χ0) is 14.8. The molecule has 0 spiro atoms. The highest BCUT2D eigenvalue weighted by molar-refractivity contribution is 5.50.